The molecule has 1 rings (SSSR count). The SMILES string of the molecule is CCCCCCCCCCOC(=O)C=Cc1cc(C(C)(C)C)c(O)c(C(C)(C)C)c1. The molecule has 0 heterocycles. The zero-order chi connectivity index (χ0) is 22.8. The minimum Gasteiger partial charge on any atom is -0.507 e. The zero-order valence-electron chi connectivity index (χ0n) is 20.4. The summed E-state index contributed by atoms with van der Waals surface area (Å²) in [5.41, 5.74) is 2.31. The molecule has 0 saturated carbocycles. The molecule has 0 amide bonds. The van der Waals surface area contributed by atoms with E-state index in [1.165, 1.54) is 44.6 Å². The molecule has 0 aliphatic heterocycles. The number of rotatable bonds is 11. The molecule has 1 aromatic carbocycles. The highest BCUT2D eigenvalue weighted by molar-refractivity contribution is 5.87. The second-order valence-corrected chi connectivity index (χ2v) is 10.4. The van der Waals surface area contributed by atoms with Gasteiger partial charge in [-0.25, -0.2) is 4.79 Å². The Morgan fingerprint density at radius 3 is 1.80 bits per heavy atom. The van der Waals surface area contributed by atoms with Crippen LogP contribution in [0.2, 0.25) is 0 Å². The topological polar surface area (TPSA) is 46.5 Å². The highest BCUT2D eigenvalue weighted by Gasteiger charge is 2.26. The van der Waals surface area contributed by atoms with Crippen LogP contribution >= 0.6 is 0 Å². The van der Waals surface area contributed by atoms with Gasteiger partial charge in [0.25, 0.3) is 0 Å². The molecule has 0 atom stereocenters. The number of carbonyl (C=O) groups is 1. The Bertz CT molecular complexity index is 652. The lowest BCUT2D eigenvalue weighted by Crippen LogP contribution is -2.17. The van der Waals surface area contributed by atoms with E-state index in [2.05, 4.69) is 48.5 Å². The molecule has 0 radical (unpaired) electrons. The van der Waals surface area contributed by atoms with Gasteiger partial charge in [-0.2, -0.15) is 0 Å². The maximum absolute atomic E-state index is 12.1. The maximum Gasteiger partial charge on any atom is 0.330 e. The van der Waals surface area contributed by atoms with E-state index in [1.807, 2.05) is 12.1 Å². The summed E-state index contributed by atoms with van der Waals surface area (Å²) in [6, 6.07) is 3.93. The van der Waals surface area contributed by atoms with Crippen molar-refractivity contribution in [1.82, 2.24) is 0 Å². The lowest BCUT2D eigenvalue weighted by molar-refractivity contribution is -0.137. The minimum atomic E-state index is -0.305. The predicted octanol–water partition coefficient (Wildman–Crippen LogP) is 7.68. The molecule has 0 aliphatic rings. The lowest BCUT2D eigenvalue weighted by atomic mass is 9.78. The molecule has 0 aromatic heterocycles. The van der Waals surface area contributed by atoms with Gasteiger partial charge >= 0.3 is 5.97 Å². The van der Waals surface area contributed by atoms with E-state index in [4.69, 9.17) is 4.74 Å². The molecule has 1 N–H and O–H groups in total. The summed E-state index contributed by atoms with van der Waals surface area (Å²) in [5, 5.41) is 10.8. The molecule has 0 bridgehead atoms. The van der Waals surface area contributed by atoms with Crippen LogP contribution in [0.4, 0.5) is 0 Å². The van der Waals surface area contributed by atoms with Crippen molar-refractivity contribution in [1.29, 1.82) is 0 Å². The molecule has 3 nitrogen and oxygen atoms in total. The standard InChI is InChI=1S/C27H44O3/c1-8-9-10-11-12-13-14-15-18-30-24(28)17-16-21-19-22(26(2,3)4)25(29)23(20-21)27(5,6)7/h16-17,19-20,29H,8-15,18H2,1-7H3. The Morgan fingerprint density at radius 1 is 0.867 bits per heavy atom. The van der Waals surface area contributed by atoms with Gasteiger partial charge in [0.2, 0.25) is 0 Å². The third-order valence-corrected chi connectivity index (χ3v) is 5.40. The van der Waals surface area contributed by atoms with Crippen LogP contribution in [-0.2, 0) is 20.4 Å². The highest BCUT2D eigenvalue weighted by atomic mass is 16.5. The Balaban J connectivity index is 2.62. The quantitative estimate of drug-likeness (QED) is 0.228. The number of benzene rings is 1. The Morgan fingerprint density at radius 2 is 1.33 bits per heavy atom. The smallest absolute Gasteiger partial charge is 0.330 e. The van der Waals surface area contributed by atoms with Crippen LogP contribution < -0.4 is 0 Å². The Hall–Kier alpha value is -1.77. The number of phenols is 1. The molecule has 1 aromatic rings. The number of phenolic OH excluding ortho intramolecular Hbond substituents is 1. The number of unbranched alkanes of at least 4 members (excludes halogenated alkanes) is 7. The average Bonchev–Trinajstić information content (AvgIpc) is 2.64. The molecule has 30 heavy (non-hydrogen) atoms. The van der Waals surface area contributed by atoms with Gasteiger partial charge < -0.3 is 9.84 Å². The third-order valence-electron chi connectivity index (χ3n) is 5.40. The third kappa shape index (κ3) is 9.36. The minimum absolute atomic E-state index is 0.190. The van der Waals surface area contributed by atoms with Crippen molar-refractivity contribution < 1.29 is 14.6 Å². The van der Waals surface area contributed by atoms with E-state index in [-0.39, 0.29) is 16.8 Å². The van der Waals surface area contributed by atoms with Crippen molar-refractivity contribution in [2.24, 2.45) is 0 Å². The lowest BCUT2D eigenvalue weighted by Gasteiger charge is -2.27. The van der Waals surface area contributed by atoms with Crippen LogP contribution in [0.5, 0.6) is 5.75 Å². The molecule has 3 heteroatoms. The fourth-order valence-corrected chi connectivity index (χ4v) is 3.52. The maximum atomic E-state index is 12.1. The Kier molecular flexibility index (Phi) is 10.7. The van der Waals surface area contributed by atoms with Crippen LogP contribution in [-0.4, -0.2) is 17.7 Å². The predicted molar refractivity (Wildman–Crippen MR) is 128 cm³/mol. The van der Waals surface area contributed by atoms with Crippen molar-refractivity contribution in [3.05, 3.63) is 34.9 Å². The first-order valence-corrected chi connectivity index (χ1v) is 11.7. The molecule has 0 aliphatic carbocycles. The summed E-state index contributed by atoms with van der Waals surface area (Å²) in [6.45, 7) is 15.2. The van der Waals surface area contributed by atoms with Crippen LogP contribution in [0.3, 0.4) is 0 Å². The Labute approximate surface area is 184 Å². The first kappa shape index (κ1) is 26.3. The molecule has 0 saturated heterocycles. The van der Waals surface area contributed by atoms with Crippen molar-refractivity contribution >= 4 is 12.0 Å². The van der Waals surface area contributed by atoms with Gasteiger partial charge in [-0.1, -0.05) is 93.4 Å². The molecule has 0 spiro atoms. The number of aromatic hydroxyl groups is 1. The first-order chi connectivity index (χ1) is 14.0. The van der Waals surface area contributed by atoms with Crippen LogP contribution in [0.15, 0.2) is 18.2 Å². The largest absolute Gasteiger partial charge is 0.507 e. The second-order valence-electron chi connectivity index (χ2n) is 10.4. The fraction of sp³-hybridized carbons (Fsp3) is 0.667. The van der Waals surface area contributed by atoms with E-state index in [9.17, 15) is 9.90 Å². The zero-order valence-corrected chi connectivity index (χ0v) is 20.4. The van der Waals surface area contributed by atoms with E-state index < -0.39 is 0 Å². The number of esters is 1. The molecule has 0 fully saturated rings. The number of ether oxygens (including phenoxy) is 1. The van der Waals surface area contributed by atoms with Gasteiger partial charge in [0.05, 0.1) is 6.61 Å². The van der Waals surface area contributed by atoms with Gasteiger partial charge in [-0.15, -0.1) is 0 Å². The van der Waals surface area contributed by atoms with Gasteiger partial charge in [-0.05, 0) is 41.0 Å². The van der Waals surface area contributed by atoms with Gasteiger partial charge in [0.15, 0.2) is 0 Å². The van der Waals surface area contributed by atoms with Crippen molar-refractivity contribution in [2.75, 3.05) is 6.61 Å². The van der Waals surface area contributed by atoms with Crippen LogP contribution in [0.1, 0.15) is 117 Å². The summed E-state index contributed by atoms with van der Waals surface area (Å²) in [4.78, 5) is 12.1. The second kappa shape index (κ2) is 12.2. The molecular weight excluding hydrogens is 372 g/mol. The van der Waals surface area contributed by atoms with Crippen molar-refractivity contribution in [3.8, 4) is 5.75 Å². The van der Waals surface area contributed by atoms with Gasteiger partial charge in [-0.3, -0.25) is 0 Å². The number of hydrogen-bond donors (Lipinski definition) is 1. The molecule has 170 valence electrons. The van der Waals surface area contributed by atoms with Gasteiger partial charge in [0.1, 0.15) is 5.75 Å². The average molecular weight is 417 g/mol. The van der Waals surface area contributed by atoms with Crippen LogP contribution in [0.25, 0.3) is 6.08 Å². The van der Waals surface area contributed by atoms with E-state index in [1.54, 1.807) is 6.08 Å². The summed E-state index contributed by atoms with van der Waals surface area (Å²) < 4.78 is 5.35. The summed E-state index contributed by atoms with van der Waals surface area (Å²) in [6.07, 6.45) is 13.1. The number of hydrogen-bond acceptors (Lipinski definition) is 3. The summed E-state index contributed by atoms with van der Waals surface area (Å²) in [7, 11) is 0. The van der Waals surface area contributed by atoms with Gasteiger partial charge in [0, 0.05) is 17.2 Å². The van der Waals surface area contributed by atoms with Crippen molar-refractivity contribution in [3.63, 3.8) is 0 Å². The summed E-state index contributed by atoms with van der Waals surface area (Å²) in [5.74, 6) is 0.0464. The monoisotopic (exact) mass is 416 g/mol. The fourth-order valence-electron chi connectivity index (χ4n) is 3.52. The molecule has 0 unspecified atom stereocenters. The highest BCUT2D eigenvalue weighted by Crippen LogP contribution is 2.40. The van der Waals surface area contributed by atoms with Crippen molar-refractivity contribution in [2.45, 2.75) is 111 Å². The van der Waals surface area contributed by atoms with E-state index in [0.29, 0.717) is 12.4 Å². The van der Waals surface area contributed by atoms with E-state index in [0.717, 1.165) is 29.5 Å². The molecular formula is C27H44O3. The van der Waals surface area contributed by atoms with Crippen LogP contribution in [0, 0.1) is 0 Å². The summed E-state index contributed by atoms with van der Waals surface area (Å²) >= 11 is 0. The number of carbonyl (C=O) groups excluding carboxylic acids is 1. The first-order valence-electron chi connectivity index (χ1n) is 11.7. The normalized spacial score (nSPS) is 12.5. The van der Waals surface area contributed by atoms with E-state index >= 15 is 0 Å².